The van der Waals surface area contributed by atoms with Crippen LogP contribution in [0.15, 0.2) is 77.2 Å². The molecule has 9 heteroatoms. The summed E-state index contributed by atoms with van der Waals surface area (Å²) >= 11 is 1.34. The smallest absolute Gasteiger partial charge is 0.331 e. The van der Waals surface area contributed by atoms with Crippen molar-refractivity contribution in [1.29, 1.82) is 0 Å². The molecular weight excluding hydrogens is 418 g/mol. The van der Waals surface area contributed by atoms with Crippen LogP contribution in [0.2, 0.25) is 0 Å². The van der Waals surface area contributed by atoms with E-state index in [0.29, 0.717) is 11.5 Å². The third-order valence-electron chi connectivity index (χ3n) is 4.20. The lowest BCUT2D eigenvalue weighted by molar-refractivity contribution is -0.384. The number of hydrogen-bond donors (Lipinski definition) is 0. The van der Waals surface area contributed by atoms with Crippen LogP contribution in [0.1, 0.15) is 10.8 Å². The normalized spacial score (nSPS) is 11.0. The average Bonchev–Trinajstić information content (AvgIpc) is 3.47. The number of hydrogen-bond acceptors (Lipinski definition) is 8. The summed E-state index contributed by atoms with van der Waals surface area (Å²) in [6.07, 6.45) is 2.87. The Morgan fingerprint density at radius 2 is 1.84 bits per heavy atom. The Labute approximate surface area is 180 Å². The molecule has 0 spiro atoms. The van der Waals surface area contributed by atoms with Gasteiger partial charge in [-0.25, -0.2) is 4.79 Å². The number of nitrogens with zero attached hydrogens (tertiary/aromatic N) is 3. The van der Waals surface area contributed by atoms with Gasteiger partial charge in [0.2, 0.25) is 5.89 Å². The first-order valence-electron chi connectivity index (χ1n) is 9.16. The molecule has 8 nitrogen and oxygen atoms in total. The zero-order valence-electron chi connectivity index (χ0n) is 16.0. The van der Waals surface area contributed by atoms with Gasteiger partial charge in [-0.1, -0.05) is 30.3 Å². The summed E-state index contributed by atoms with van der Waals surface area (Å²) in [6.45, 7) is -0.144. The molecular formula is C22H15N3O5S. The highest BCUT2D eigenvalue weighted by Gasteiger charge is 2.15. The van der Waals surface area contributed by atoms with Crippen LogP contribution >= 0.6 is 11.3 Å². The van der Waals surface area contributed by atoms with Crippen molar-refractivity contribution in [1.82, 2.24) is 10.2 Å². The number of para-hydroxylation sites is 1. The summed E-state index contributed by atoms with van der Waals surface area (Å²) in [6, 6.07) is 19.4. The number of carbonyl (C=O) groups is 1. The second-order valence-electron chi connectivity index (χ2n) is 6.28. The number of ether oxygens (including phenoxy) is 1. The zero-order valence-corrected chi connectivity index (χ0v) is 16.8. The molecule has 0 bridgehead atoms. The number of thiophene rings is 1. The van der Waals surface area contributed by atoms with E-state index in [0.717, 1.165) is 15.3 Å². The minimum Gasteiger partial charge on any atom is -0.452 e. The molecule has 0 saturated carbocycles. The van der Waals surface area contributed by atoms with Gasteiger partial charge in [-0.05, 0) is 36.4 Å². The minimum atomic E-state index is -0.569. The predicted octanol–water partition coefficient (Wildman–Crippen LogP) is 5.13. The number of rotatable bonds is 7. The van der Waals surface area contributed by atoms with Crippen LogP contribution < -0.4 is 0 Å². The standard InChI is InChI=1S/C22H15N3O5S/c26-21(29-14-20-23-24-22(30-20)15-6-2-1-3-7-15)13-11-16-10-12-19(31-16)17-8-4-5-9-18(17)25(27)28/h1-13H,14H2. The van der Waals surface area contributed by atoms with Crippen LogP contribution in [0.25, 0.3) is 28.0 Å². The third kappa shape index (κ3) is 4.90. The first kappa shape index (κ1) is 20.2. The highest BCUT2D eigenvalue weighted by molar-refractivity contribution is 7.16. The van der Waals surface area contributed by atoms with E-state index in [2.05, 4.69) is 10.2 Å². The lowest BCUT2D eigenvalue weighted by atomic mass is 10.1. The Morgan fingerprint density at radius 1 is 1.06 bits per heavy atom. The number of carbonyl (C=O) groups excluding carboxylic acids is 1. The molecule has 0 fully saturated rings. The molecule has 0 saturated heterocycles. The fourth-order valence-electron chi connectivity index (χ4n) is 2.77. The summed E-state index contributed by atoms with van der Waals surface area (Å²) in [4.78, 5) is 24.3. The number of benzene rings is 2. The van der Waals surface area contributed by atoms with Crippen molar-refractivity contribution in [3.8, 4) is 21.9 Å². The first-order valence-corrected chi connectivity index (χ1v) is 9.98. The molecule has 0 aliphatic carbocycles. The number of nitro benzene ring substituents is 1. The van der Waals surface area contributed by atoms with E-state index in [1.54, 1.807) is 36.4 Å². The zero-order chi connectivity index (χ0) is 21.6. The summed E-state index contributed by atoms with van der Waals surface area (Å²) < 4.78 is 10.6. The van der Waals surface area contributed by atoms with Crippen molar-refractivity contribution in [2.75, 3.05) is 0 Å². The molecule has 4 rings (SSSR count). The molecule has 0 atom stereocenters. The summed E-state index contributed by atoms with van der Waals surface area (Å²) in [5.41, 5.74) is 1.35. The van der Waals surface area contributed by atoms with Gasteiger partial charge in [-0.3, -0.25) is 10.1 Å². The topological polar surface area (TPSA) is 108 Å². The molecule has 2 aromatic heterocycles. The molecule has 0 N–H and O–H groups in total. The molecule has 4 aromatic rings. The predicted molar refractivity (Wildman–Crippen MR) is 115 cm³/mol. The first-order chi connectivity index (χ1) is 15.1. The largest absolute Gasteiger partial charge is 0.452 e. The van der Waals surface area contributed by atoms with Crippen molar-refractivity contribution < 1.29 is 18.9 Å². The van der Waals surface area contributed by atoms with Crippen molar-refractivity contribution in [3.05, 3.63) is 93.7 Å². The lowest BCUT2D eigenvalue weighted by Gasteiger charge is -1.99. The van der Waals surface area contributed by atoms with Crippen LogP contribution in [0.4, 0.5) is 5.69 Å². The maximum Gasteiger partial charge on any atom is 0.331 e. The average molecular weight is 433 g/mol. The molecule has 0 amide bonds. The highest BCUT2D eigenvalue weighted by atomic mass is 32.1. The van der Waals surface area contributed by atoms with E-state index < -0.39 is 10.9 Å². The van der Waals surface area contributed by atoms with Gasteiger partial charge < -0.3 is 9.15 Å². The van der Waals surface area contributed by atoms with Crippen LogP contribution in [0.5, 0.6) is 0 Å². The van der Waals surface area contributed by atoms with E-state index >= 15 is 0 Å². The molecule has 0 aliphatic rings. The molecule has 0 radical (unpaired) electrons. The van der Waals surface area contributed by atoms with Gasteiger partial charge >= 0.3 is 5.97 Å². The fraction of sp³-hybridized carbons (Fsp3) is 0.0455. The summed E-state index contributed by atoms with van der Waals surface area (Å²) in [5, 5.41) is 19.0. The van der Waals surface area contributed by atoms with E-state index in [9.17, 15) is 14.9 Å². The summed E-state index contributed by atoms with van der Waals surface area (Å²) in [7, 11) is 0. The number of esters is 1. The lowest BCUT2D eigenvalue weighted by Crippen LogP contribution is -2.00. The minimum absolute atomic E-state index is 0.0359. The van der Waals surface area contributed by atoms with Gasteiger partial charge in [0.15, 0.2) is 6.61 Å². The SMILES string of the molecule is O=C(C=Cc1ccc(-c2ccccc2[N+](=O)[O-])s1)OCc1nnc(-c2ccccc2)o1. The van der Waals surface area contributed by atoms with E-state index in [4.69, 9.17) is 9.15 Å². The highest BCUT2D eigenvalue weighted by Crippen LogP contribution is 2.35. The van der Waals surface area contributed by atoms with Crippen molar-refractivity contribution in [2.24, 2.45) is 0 Å². The molecule has 2 aromatic carbocycles. The van der Waals surface area contributed by atoms with E-state index in [-0.39, 0.29) is 18.2 Å². The number of aromatic nitrogens is 2. The quantitative estimate of drug-likeness (QED) is 0.172. The van der Waals surface area contributed by atoms with Gasteiger partial charge in [0, 0.05) is 27.5 Å². The molecule has 0 aliphatic heterocycles. The number of nitro groups is 1. The molecule has 2 heterocycles. The van der Waals surface area contributed by atoms with Crippen molar-refractivity contribution in [2.45, 2.75) is 6.61 Å². The van der Waals surface area contributed by atoms with Gasteiger partial charge in [-0.15, -0.1) is 21.5 Å². The Hall–Kier alpha value is -4.11. The van der Waals surface area contributed by atoms with Crippen molar-refractivity contribution in [3.63, 3.8) is 0 Å². The fourth-order valence-corrected chi connectivity index (χ4v) is 3.71. The van der Waals surface area contributed by atoms with Crippen molar-refractivity contribution >= 4 is 29.1 Å². The van der Waals surface area contributed by atoms with Gasteiger partial charge in [-0.2, -0.15) is 0 Å². The third-order valence-corrected chi connectivity index (χ3v) is 5.29. The van der Waals surface area contributed by atoms with Crippen LogP contribution in [-0.2, 0) is 16.1 Å². The van der Waals surface area contributed by atoms with Crippen LogP contribution in [0.3, 0.4) is 0 Å². The van der Waals surface area contributed by atoms with Gasteiger partial charge in [0.25, 0.3) is 11.6 Å². The molecule has 0 unspecified atom stereocenters. The Balaban J connectivity index is 1.36. The Morgan fingerprint density at radius 3 is 2.65 bits per heavy atom. The Kier molecular flexibility index (Phi) is 5.95. The van der Waals surface area contributed by atoms with Gasteiger partial charge in [0.05, 0.1) is 10.5 Å². The monoisotopic (exact) mass is 433 g/mol. The summed E-state index contributed by atoms with van der Waals surface area (Å²) in [5.74, 6) is -0.0289. The van der Waals surface area contributed by atoms with Gasteiger partial charge in [0.1, 0.15) is 0 Å². The van der Waals surface area contributed by atoms with Crippen LogP contribution in [-0.4, -0.2) is 21.1 Å². The molecule has 31 heavy (non-hydrogen) atoms. The van der Waals surface area contributed by atoms with Crippen LogP contribution in [0, 0.1) is 10.1 Å². The van der Waals surface area contributed by atoms with E-state index in [1.807, 2.05) is 30.3 Å². The van der Waals surface area contributed by atoms with E-state index in [1.165, 1.54) is 23.5 Å². The maximum absolute atomic E-state index is 12.0. The Bertz CT molecular complexity index is 1250. The second kappa shape index (κ2) is 9.14. The molecule has 154 valence electrons. The maximum atomic E-state index is 12.0. The second-order valence-corrected chi connectivity index (χ2v) is 7.40.